The summed E-state index contributed by atoms with van der Waals surface area (Å²) >= 11 is 0. The Morgan fingerprint density at radius 2 is 1.94 bits per heavy atom. The molecule has 2 aromatic rings. The quantitative estimate of drug-likeness (QED) is 0.837. The highest BCUT2D eigenvalue weighted by Crippen LogP contribution is 2.21. The third-order valence-corrected chi connectivity index (χ3v) is 3.23. The van der Waals surface area contributed by atoms with Crippen molar-refractivity contribution < 1.29 is 0 Å². The fourth-order valence-electron chi connectivity index (χ4n) is 1.95. The lowest BCUT2D eigenvalue weighted by atomic mass is 10.1. The summed E-state index contributed by atoms with van der Waals surface area (Å²) in [4.78, 5) is 6.43. The van der Waals surface area contributed by atoms with Gasteiger partial charge >= 0.3 is 0 Å². The van der Waals surface area contributed by atoms with E-state index in [1.165, 1.54) is 11.1 Å². The van der Waals surface area contributed by atoms with E-state index in [4.69, 9.17) is 5.73 Å². The second-order valence-electron chi connectivity index (χ2n) is 4.62. The number of nitrogens with zero attached hydrogens (tertiary/aromatic N) is 2. The number of aromatic nitrogens is 1. The Kier molecular flexibility index (Phi) is 3.95. The smallest absolute Gasteiger partial charge is 0.0320 e. The zero-order chi connectivity index (χ0) is 13.0. The maximum Gasteiger partial charge on any atom is 0.0320 e. The zero-order valence-corrected chi connectivity index (χ0v) is 10.9. The molecule has 0 bridgehead atoms. The van der Waals surface area contributed by atoms with Gasteiger partial charge in [-0.2, -0.15) is 0 Å². The molecule has 1 aromatic heterocycles. The Morgan fingerprint density at radius 3 is 2.56 bits per heavy atom. The van der Waals surface area contributed by atoms with Crippen molar-refractivity contribution in [2.24, 2.45) is 0 Å². The van der Waals surface area contributed by atoms with Crippen molar-refractivity contribution in [1.29, 1.82) is 0 Å². The van der Waals surface area contributed by atoms with Crippen LogP contribution < -0.4 is 5.73 Å². The highest BCUT2D eigenvalue weighted by atomic mass is 15.1. The van der Waals surface area contributed by atoms with Gasteiger partial charge in [-0.3, -0.25) is 9.88 Å². The standard InChI is InChI=1S/C15H19N3/c1-12(14-5-7-15(16)8-6-14)18(2)11-13-4-3-9-17-10-13/h3-10,12H,11,16H2,1-2H3. The summed E-state index contributed by atoms with van der Waals surface area (Å²) in [5.41, 5.74) is 9.01. The van der Waals surface area contributed by atoms with Crippen molar-refractivity contribution in [2.75, 3.05) is 12.8 Å². The van der Waals surface area contributed by atoms with Crippen LogP contribution in [0.4, 0.5) is 5.69 Å². The minimum absolute atomic E-state index is 0.353. The second-order valence-corrected chi connectivity index (χ2v) is 4.62. The first kappa shape index (κ1) is 12.6. The van der Waals surface area contributed by atoms with Gasteiger partial charge in [0, 0.05) is 30.7 Å². The monoisotopic (exact) mass is 241 g/mol. The predicted octanol–water partition coefficient (Wildman–Crippen LogP) is 2.86. The molecule has 0 fully saturated rings. The van der Waals surface area contributed by atoms with Crippen molar-refractivity contribution >= 4 is 5.69 Å². The fraction of sp³-hybridized carbons (Fsp3) is 0.267. The number of anilines is 1. The molecule has 2 N–H and O–H groups in total. The van der Waals surface area contributed by atoms with Gasteiger partial charge in [-0.15, -0.1) is 0 Å². The molecule has 0 aliphatic rings. The molecule has 1 atom stereocenters. The lowest BCUT2D eigenvalue weighted by Crippen LogP contribution is -2.21. The summed E-state index contributed by atoms with van der Waals surface area (Å²) in [7, 11) is 2.12. The van der Waals surface area contributed by atoms with Crippen molar-refractivity contribution in [3.63, 3.8) is 0 Å². The molecule has 1 heterocycles. The lowest BCUT2D eigenvalue weighted by molar-refractivity contribution is 0.253. The van der Waals surface area contributed by atoms with E-state index in [0.717, 1.165) is 12.2 Å². The summed E-state index contributed by atoms with van der Waals surface area (Å²) in [5, 5.41) is 0. The first-order valence-electron chi connectivity index (χ1n) is 6.11. The maximum absolute atomic E-state index is 5.70. The normalized spacial score (nSPS) is 12.6. The van der Waals surface area contributed by atoms with E-state index in [2.05, 4.69) is 42.1 Å². The number of nitrogens with two attached hydrogens (primary N) is 1. The molecule has 0 aliphatic heterocycles. The molecule has 0 saturated carbocycles. The minimum atomic E-state index is 0.353. The molecule has 0 saturated heterocycles. The van der Waals surface area contributed by atoms with Crippen molar-refractivity contribution in [2.45, 2.75) is 19.5 Å². The fourth-order valence-corrected chi connectivity index (χ4v) is 1.95. The van der Waals surface area contributed by atoms with Crippen LogP contribution in [0.1, 0.15) is 24.1 Å². The van der Waals surface area contributed by atoms with Crippen LogP contribution in [0.3, 0.4) is 0 Å². The Bertz CT molecular complexity index is 479. The van der Waals surface area contributed by atoms with Crippen LogP contribution in [0, 0.1) is 0 Å². The van der Waals surface area contributed by atoms with Gasteiger partial charge in [-0.1, -0.05) is 18.2 Å². The molecule has 2 rings (SSSR count). The summed E-state index contributed by atoms with van der Waals surface area (Å²) < 4.78 is 0. The minimum Gasteiger partial charge on any atom is -0.399 e. The third kappa shape index (κ3) is 3.08. The highest BCUT2D eigenvalue weighted by molar-refractivity contribution is 5.40. The lowest BCUT2D eigenvalue weighted by Gasteiger charge is -2.25. The molecule has 1 aromatic carbocycles. The summed E-state index contributed by atoms with van der Waals surface area (Å²) in [6, 6.07) is 12.5. The molecule has 1 unspecified atom stereocenters. The van der Waals surface area contributed by atoms with Crippen LogP contribution >= 0.6 is 0 Å². The van der Waals surface area contributed by atoms with Crippen LogP contribution in [0.25, 0.3) is 0 Å². The van der Waals surface area contributed by atoms with Gasteiger partial charge in [-0.25, -0.2) is 0 Å². The van der Waals surface area contributed by atoms with Crippen LogP contribution in [-0.4, -0.2) is 16.9 Å². The van der Waals surface area contributed by atoms with E-state index in [9.17, 15) is 0 Å². The molecule has 0 spiro atoms. The molecule has 18 heavy (non-hydrogen) atoms. The highest BCUT2D eigenvalue weighted by Gasteiger charge is 2.11. The molecule has 0 aliphatic carbocycles. The second kappa shape index (κ2) is 5.65. The number of hydrogen-bond acceptors (Lipinski definition) is 3. The molecular formula is C15H19N3. The molecule has 94 valence electrons. The van der Waals surface area contributed by atoms with E-state index in [-0.39, 0.29) is 0 Å². The maximum atomic E-state index is 5.70. The summed E-state index contributed by atoms with van der Waals surface area (Å²) in [6.45, 7) is 3.08. The first-order chi connectivity index (χ1) is 8.66. The summed E-state index contributed by atoms with van der Waals surface area (Å²) in [6.07, 6.45) is 3.71. The van der Waals surface area contributed by atoms with E-state index in [0.29, 0.717) is 6.04 Å². The number of nitrogen functional groups attached to an aromatic ring is 1. The average Bonchev–Trinajstić information content (AvgIpc) is 2.40. The predicted molar refractivity (Wildman–Crippen MR) is 75.0 cm³/mol. The first-order valence-corrected chi connectivity index (χ1v) is 6.11. The van der Waals surface area contributed by atoms with Gasteiger partial charge in [0.1, 0.15) is 0 Å². The number of benzene rings is 1. The number of pyridine rings is 1. The van der Waals surface area contributed by atoms with E-state index in [1.54, 1.807) is 6.20 Å². The number of hydrogen-bond donors (Lipinski definition) is 1. The molecule has 3 heteroatoms. The van der Waals surface area contributed by atoms with Crippen LogP contribution in [0.2, 0.25) is 0 Å². The third-order valence-electron chi connectivity index (χ3n) is 3.23. The Balaban J connectivity index is 2.05. The molecule has 3 nitrogen and oxygen atoms in total. The van der Waals surface area contributed by atoms with Crippen LogP contribution in [0.5, 0.6) is 0 Å². The molecular weight excluding hydrogens is 222 g/mol. The van der Waals surface area contributed by atoms with Gasteiger partial charge < -0.3 is 5.73 Å². The van der Waals surface area contributed by atoms with E-state index in [1.807, 2.05) is 24.4 Å². The SMILES string of the molecule is CC(c1ccc(N)cc1)N(C)Cc1cccnc1. The van der Waals surface area contributed by atoms with Gasteiger partial charge in [0.25, 0.3) is 0 Å². The zero-order valence-electron chi connectivity index (χ0n) is 10.9. The Labute approximate surface area is 108 Å². The topological polar surface area (TPSA) is 42.1 Å². The van der Waals surface area contributed by atoms with Crippen LogP contribution in [-0.2, 0) is 6.54 Å². The van der Waals surface area contributed by atoms with Gasteiger partial charge in [0.15, 0.2) is 0 Å². The van der Waals surface area contributed by atoms with E-state index < -0.39 is 0 Å². The Hall–Kier alpha value is -1.87. The molecule has 0 amide bonds. The summed E-state index contributed by atoms with van der Waals surface area (Å²) in [5.74, 6) is 0. The van der Waals surface area contributed by atoms with Crippen LogP contribution in [0.15, 0.2) is 48.8 Å². The van der Waals surface area contributed by atoms with Crippen molar-refractivity contribution in [1.82, 2.24) is 9.88 Å². The van der Waals surface area contributed by atoms with E-state index >= 15 is 0 Å². The largest absolute Gasteiger partial charge is 0.399 e. The van der Waals surface area contributed by atoms with Crippen molar-refractivity contribution in [3.8, 4) is 0 Å². The van der Waals surface area contributed by atoms with Gasteiger partial charge in [-0.05, 0) is 43.3 Å². The molecule has 0 radical (unpaired) electrons. The Morgan fingerprint density at radius 1 is 1.22 bits per heavy atom. The average molecular weight is 241 g/mol. The van der Waals surface area contributed by atoms with Gasteiger partial charge in [0.2, 0.25) is 0 Å². The van der Waals surface area contributed by atoms with Gasteiger partial charge in [0.05, 0.1) is 0 Å². The number of rotatable bonds is 4. The van der Waals surface area contributed by atoms with Crippen molar-refractivity contribution in [3.05, 3.63) is 59.9 Å².